The topological polar surface area (TPSA) is 50.2 Å². The molecule has 0 aliphatic carbocycles. The fraction of sp³-hybridized carbons (Fsp3) is 0.0909. The first-order valence-corrected chi connectivity index (χ1v) is 6.25. The summed E-state index contributed by atoms with van der Waals surface area (Å²) in [5, 5.41) is 11.2. The van der Waals surface area contributed by atoms with Crippen LogP contribution in [0.5, 0.6) is 0 Å². The van der Waals surface area contributed by atoms with Crippen LogP contribution in [0.4, 0.5) is 0 Å². The maximum absolute atomic E-state index is 10.5. The molecule has 3 nitrogen and oxygen atoms in total. The molecule has 82 valence electrons. The Bertz CT molecular complexity index is 524. The van der Waals surface area contributed by atoms with Crippen molar-refractivity contribution in [3.8, 4) is 11.3 Å². The number of rotatable bonds is 3. The minimum Gasteiger partial charge on any atom is -0.481 e. The predicted octanol–water partition coefficient (Wildman–Crippen LogP) is 3.20. The molecule has 16 heavy (non-hydrogen) atoms. The monoisotopic (exact) mass is 297 g/mol. The normalized spacial score (nSPS) is 10.3. The summed E-state index contributed by atoms with van der Waals surface area (Å²) < 4.78 is 0.960. The molecule has 1 heterocycles. The van der Waals surface area contributed by atoms with E-state index in [1.165, 1.54) is 11.3 Å². The predicted molar refractivity (Wildman–Crippen MR) is 66.6 cm³/mol. The average molecular weight is 298 g/mol. The van der Waals surface area contributed by atoms with Gasteiger partial charge in [0.15, 0.2) is 0 Å². The summed E-state index contributed by atoms with van der Waals surface area (Å²) >= 11 is 4.81. The van der Waals surface area contributed by atoms with Crippen LogP contribution in [0.1, 0.15) is 5.01 Å². The smallest absolute Gasteiger partial charge is 0.310 e. The Balaban J connectivity index is 2.32. The van der Waals surface area contributed by atoms with E-state index < -0.39 is 5.97 Å². The lowest BCUT2D eigenvalue weighted by atomic mass is 10.2. The van der Waals surface area contributed by atoms with Gasteiger partial charge in [0.2, 0.25) is 0 Å². The summed E-state index contributed by atoms with van der Waals surface area (Å²) in [6.45, 7) is 0. The van der Waals surface area contributed by atoms with Crippen molar-refractivity contribution in [3.63, 3.8) is 0 Å². The second-order valence-electron chi connectivity index (χ2n) is 3.18. The number of aliphatic carboxylic acids is 1. The second-order valence-corrected chi connectivity index (χ2v) is 4.97. The fourth-order valence-corrected chi connectivity index (χ4v) is 2.59. The van der Waals surface area contributed by atoms with E-state index >= 15 is 0 Å². The second kappa shape index (κ2) is 4.76. The molecule has 0 atom stereocenters. The molecule has 0 amide bonds. The summed E-state index contributed by atoms with van der Waals surface area (Å²) in [7, 11) is 0. The molecule has 1 aromatic carbocycles. The largest absolute Gasteiger partial charge is 0.481 e. The minimum absolute atomic E-state index is 0.0187. The maximum Gasteiger partial charge on any atom is 0.310 e. The van der Waals surface area contributed by atoms with Crippen LogP contribution in [0.15, 0.2) is 34.1 Å². The number of benzene rings is 1. The van der Waals surface area contributed by atoms with E-state index in [4.69, 9.17) is 5.11 Å². The average Bonchev–Trinajstić information content (AvgIpc) is 2.66. The quantitative estimate of drug-likeness (QED) is 0.946. The van der Waals surface area contributed by atoms with Gasteiger partial charge in [0.05, 0.1) is 12.1 Å². The summed E-state index contributed by atoms with van der Waals surface area (Å²) in [5.41, 5.74) is 1.80. The molecule has 2 aromatic rings. The Morgan fingerprint density at radius 3 is 2.88 bits per heavy atom. The zero-order valence-corrected chi connectivity index (χ0v) is 10.6. The minimum atomic E-state index is -0.854. The molecular formula is C11H8BrNO2S. The van der Waals surface area contributed by atoms with Crippen molar-refractivity contribution in [2.75, 3.05) is 0 Å². The van der Waals surface area contributed by atoms with E-state index in [9.17, 15) is 4.79 Å². The third-order valence-electron chi connectivity index (χ3n) is 2.00. The molecule has 2 rings (SSSR count). The van der Waals surface area contributed by atoms with Crippen LogP contribution in [0, 0.1) is 0 Å². The van der Waals surface area contributed by atoms with Crippen LogP contribution in [0.2, 0.25) is 0 Å². The molecule has 0 fully saturated rings. The first-order valence-electron chi connectivity index (χ1n) is 4.58. The summed E-state index contributed by atoms with van der Waals surface area (Å²) in [5.74, 6) is -0.854. The molecule has 0 saturated carbocycles. The number of nitrogens with zero attached hydrogens (tertiary/aromatic N) is 1. The molecule has 1 aromatic heterocycles. The molecule has 0 bridgehead atoms. The molecule has 0 aliphatic heterocycles. The van der Waals surface area contributed by atoms with E-state index in [1.807, 2.05) is 29.6 Å². The van der Waals surface area contributed by atoms with Gasteiger partial charge in [-0.2, -0.15) is 0 Å². The Kier molecular flexibility index (Phi) is 3.36. The number of hydrogen-bond acceptors (Lipinski definition) is 3. The molecule has 1 N–H and O–H groups in total. The van der Waals surface area contributed by atoms with Gasteiger partial charge >= 0.3 is 5.97 Å². The van der Waals surface area contributed by atoms with Crippen LogP contribution in [-0.2, 0) is 11.2 Å². The van der Waals surface area contributed by atoms with Crippen LogP contribution in [0.3, 0.4) is 0 Å². The van der Waals surface area contributed by atoms with Crippen molar-refractivity contribution >= 4 is 33.2 Å². The van der Waals surface area contributed by atoms with Crippen molar-refractivity contribution in [3.05, 3.63) is 39.1 Å². The van der Waals surface area contributed by atoms with Crippen LogP contribution in [-0.4, -0.2) is 16.1 Å². The third-order valence-corrected chi connectivity index (χ3v) is 3.54. The molecule has 0 spiro atoms. The van der Waals surface area contributed by atoms with Crippen molar-refractivity contribution < 1.29 is 9.90 Å². The van der Waals surface area contributed by atoms with E-state index in [1.54, 1.807) is 0 Å². The number of thiazole rings is 1. The highest BCUT2D eigenvalue weighted by molar-refractivity contribution is 9.10. The van der Waals surface area contributed by atoms with Crippen LogP contribution >= 0.6 is 27.3 Å². The molecule has 0 aliphatic rings. The Hall–Kier alpha value is -1.20. The standard InChI is InChI=1S/C11H8BrNO2S/c12-8-4-2-1-3-7(8)9-6-16-10(13-9)5-11(14)15/h1-4,6H,5H2,(H,14,15). The zero-order valence-electron chi connectivity index (χ0n) is 8.18. The van der Waals surface area contributed by atoms with Gasteiger partial charge in [0, 0.05) is 15.4 Å². The lowest BCUT2D eigenvalue weighted by Crippen LogP contribution is -1.99. The Morgan fingerprint density at radius 2 is 2.19 bits per heavy atom. The first kappa shape index (κ1) is 11.3. The fourth-order valence-electron chi connectivity index (χ4n) is 1.31. The van der Waals surface area contributed by atoms with E-state index in [-0.39, 0.29) is 6.42 Å². The lowest BCUT2D eigenvalue weighted by Gasteiger charge is -1.98. The van der Waals surface area contributed by atoms with Crippen molar-refractivity contribution in [2.24, 2.45) is 0 Å². The van der Waals surface area contributed by atoms with E-state index in [0.29, 0.717) is 5.01 Å². The highest BCUT2D eigenvalue weighted by Gasteiger charge is 2.09. The highest BCUT2D eigenvalue weighted by Crippen LogP contribution is 2.28. The van der Waals surface area contributed by atoms with Gasteiger partial charge in [-0.15, -0.1) is 11.3 Å². The van der Waals surface area contributed by atoms with Gasteiger partial charge in [0.25, 0.3) is 0 Å². The SMILES string of the molecule is O=C(O)Cc1nc(-c2ccccc2Br)cs1. The van der Waals surface area contributed by atoms with E-state index in [0.717, 1.165) is 15.7 Å². The van der Waals surface area contributed by atoms with Crippen molar-refractivity contribution in [2.45, 2.75) is 6.42 Å². The van der Waals surface area contributed by atoms with Crippen molar-refractivity contribution in [1.82, 2.24) is 4.98 Å². The zero-order chi connectivity index (χ0) is 11.5. The maximum atomic E-state index is 10.5. The van der Waals surface area contributed by atoms with E-state index in [2.05, 4.69) is 20.9 Å². The number of carbonyl (C=O) groups is 1. The van der Waals surface area contributed by atoms with Crippen LogP contribution < -0.4 is 0 Å². The number of hydrogen-bond donors (Lipinski definition) is 1. The van der Waals surface area contributed by atoms with Crippen LogP contribution in [0.25, 0.3) is 11.3 Å². The number of carboxylic acids is 1. The van der Waals surface area contributed by atoms with Gasteiger partial charge in [-0.3, -0.25) is 4.79 Å². The summed E-state index contributed by atoms with van der Waals surface area (Å²) in [4.78, 5) is 14.8. The van der Waals surface area contributed by atoms with Gasteiger partial charge < -0.3 is 5.11 Å². The van der Waals surface area contributed by atoms with Gasteiger partial charge in [-0.1, -0.05) is 34.1 Å². The van der Waals surface area contributed by atoms with Gasteiger partial charge in [0.1, 0.15) is 5.01 Å². The first-order chi connectivity index (χ1) is 7.66. The Labute approximate surface area is 105 Å². The lowest BCUT2D eigenvalue weighted by molar-refractivity contribution is -0.136. The number of halogens is 1. The molecule has 5 heteroatoms. The van der Waals surface area contributed by atoms with Gasteiger partial charge in [-0.05, 0) is 6.07 Å². The third kappa shape index (κ3) is 2.48. The number of carboxylic acid groups (broad SMARTS) is 1. The molecule has 0 radical (unpaired) electrons. The number of aromatic nitrogens is 1. The highest BCUT2D eigenvalue weighted by atomic mass is 79.9. The molecule has 0 unspecified atom stereocenters. The molecule has 0 saturated heterocycles. The van der Waals surface area contributed by atoms with Crippen molar-refractivity contribution in [1.29, 1.82) is 0 Å². The van der Waals surface area contributed by atoms with Gasteiger partial charge in [-0.25, -0.2) is 4.98 Å². The molecular weight excluding hydrogens is 290 g/mol. The Morgan fingerprint density at radius 1 is 1.44 bits per heavy atom. The summed E-state index contributed by atoms with van der Waals surface area (Å²) in [6.07, 6.45) is -0.0187. The summed E-state index contributed by atoms with van der Waals surface area (Å²) in [6, 6.07) is 7.74.